The lowest BCUT2D eigenvalue weighted by molar-refractivity contribution is 0.112. The van der Waals surface area contributed by atoms with E-state index < -0.39 is 0 Å². The third-order valence-electron chi connectivity index (χ3n) is 3.20. The number of aldehydes is 1. The Labute approximate surface area is 107 Å². The standard InChI is InChI=1S/C13H17ClN2O/c1-15-5-2-6-16(8-7-15)12-4-3-11(10-17)13(14)9-12/h3-4,9-10H,2,5-8H2,1H3. The molecule has 17 heavy (non-hydrogen) atoms. The van der Waals surface area contributed by atoms with Gasteiger partial charge in [-0.3, -0.25) is 4.79 Å². The smallest absolute Gasteiger partial charge is 0.151 e. The van der Waals surface area contributed by atoms with Crippen molar-refractivity contribution >= 4 is 23.6 Å². The van der Waals surface area contributed by atoms with E-state index in [2.05, 4.69) is 16.8 Å². The zero-order valence-corrected chi connectivity index (χ0v) is 10.8. The summed E-state index contributed by atoms with van der Waals surface area (Å²) in [7, 11) is 2.14. The van der Waals surface area contributed by atoms with Crippen molar-refractivity contribution in [3.63, 3.8) is 0 Å². The van der Waals surface area contributed by atoms with Crippen LogP contribution in [0.4, 0.5) is 5.69 Å². The van der Waals surface area contributed by atoms with Crippen LogP contribution in [0.5, 0.6) is 0 Å². The van der Waals surface area contributed by atoms with Crippen molar-refractivity contribution in [1.82, 2.24) is 4.90 Å². The van der Waals surface area contributed by atoms with Gasteiger partial charge in [0.25, 0.3) is 0 Å². The van der Waals surface area contributed by atoms with Crippen LogP contribution in [-0.4, -0.2) is 44.4 Å². The molecule has 0 amide bonds. The second-order valence-corrected chi connectivity index (χ2v) is 4.87. The van der Waals surface area contributed by atoms with Crippen molar-refractivity contribution in [2.24, 2.45) is 0 Å². The molecule has 0 unspecified atom stereocenters. The molecule has 0 aliphatic carbocycles. The molecule has 1 aliphatic heterocycles. The van der Waals surface area contributed by atoms with E-state index in [4.69, 9.17) is 11.6 Å². The molecule has 0 atom stereocenters. The van der Waals surface area contributed by atoms with Gasteiger partial charge in [-0.15, -0.1) is 0 Å². The van der Waals surface area contributed by atoms with E-state index in [1.807, 2.05) is 12.1 Å². The minimum atomic E-state index is 0.537. The first-order valence-electron chi connectivity index (χ1n) is 5.89. The highest BCUT2D eigenvalue weighted by molar-refractivity contribution is 6.33. The predicted octanol–water partition coefficient (Wildman–Crippen LogP) is 2.29. The molecule has 0 N–H and O–H groups in total. The Hall–Kier alpha value is -1.06. The Bertz CT molecular complexity index is 408. The van der Waals surface area contributed by atoms with Crippen LogP contribution < -0.4 is 4.90 Å². The summed E-state index contributed by atoms with van der Waals surface area (Å²) in [5.41, 5.74) is 1.67. The zero-order chi connectivity index (χ0) is 12.3. The van der Waals surface area contributed by atoms with E-state index >= 15 is 0 Å². The van der Waals surface area contributed by atoms with Crippen molar-refractivity contribution in [1.29, 1.82) is 0 Å². The highest BCUT2D eigenvalue weighted by Crippen LogP contribution is 2.23. The maximum atomic E-state index is 10.7. The summed E-state index contributed by atoms with van der Waals surface area (Å²) in [6.45, 7) is 4.25. The predicted molar refractivity (Wildman–Crippen MR) is 71.2 cm³/mol. The number of benzene rings is 1. The summed E-state index contributed by atoms with van der Waals surface area (Å²) < 4.78 is 0. The number of carbonyl (C=O) groups excluding carboxylic acids is 1. The third-order valence-corrected chi connectivity index (χ3v) is 3.52. The molecule has 4 heteroatoms. The van der Waals surface area contributed by atoms with Gasteiger partial charge < -0.3 is 9.80 Å². The lowest BCUT2D eigenvalue weighted by atomic mass is 10.2. The average Bonchev–Trinajstić information content (AvgIpc) is 2.54. The van der Waals surface area contributed by atoms with Crippen LogP contribution in [0.2, 0.25) is 5.02 Å². The van der Waals surface area contributed by atoms with Crippen molar-refractivity contribution in [2.75, 3.05) is 38.1 Å². The number of likely N-dealkylation sites (N-methyl/N-ethyl adjacent to an activating group) is 1. The summed E-state index contributed by atoms with van der Waals surface area (Å²) in [5.74, 6) is 0. The Balaban J connectivity index is 2.16. The Morgan fingerprint density at radius 3 is 2.76 bits per heavy atom. The number of hydrogen-bond acceptors (Lipinski definition) is 3. The fourth-order valence-electron chi connectivity index (χ4n) is 2.11. The van der Waals surface area contributed by atoms with E-state index in [0.29, 0.717) is 10.6 Å². The number of halogens is 1. The lowest BCUT2D eigenvalue weighted by Crippen LogP contribution is -2.28. The van der Waals surface area contributed by atoms with E-state index in [1.54, 1.807) is 6.07 Å². The molecular weight excluding hydrogens is 236 g/mol. The van der Waals surface area contributed by atoms with Crippen LogP contribution in [-0.2, 0) is 0 Å². The quantitative estimate of drug-likeness (QED) is 0.755. The van der Waals surface area contributed by atoms with Gasteiger partial charge in [0.15, 0.2) is 6.29 Å². The Kier molecular flexibility index (Phi) is 4.02. The minimum Gasteiger partial charge on any atom is -0.370 e. The number of hydrogen-bond donors (Lipinski definition) is 0. The normalized spacial score (nSPS) is 17.9. The molecule has 3 nitrogen and oxygen atoms in total. The molecule has 1 heterocycles. The Morgan fingerprint density at radius 1 is 1.24 bits per heavy atom. The molecule has 0 spiro atoms. The van der Waals surface area contributed by atoms with Gasteiger partial charge in [-0.05, 0) is 38.2 Å². The molecule has 92 valence electrons. The first-order valence-corrected chi connectivity index (χ1v) is 6.27. The number of anilines is 1. The van der Waals surface area contributed by atoms with Gasteiger partial charge in [-0.1, -0.05) is 11.6 Å². The van der Waals surface area contributed by atoms with Gasteiger partial charge in [0.1, 0.15) is 0 Å². The molecule has 2 rings (SSSR count). The molecule has 0 radical (unpaired) electrons. The molecule has 0 aromatic heterocycles. The molecular formula is C13H17ClN2O. The van der Waals surface area contributed by atoms with Crippen LogP contribution in [0.25, 0.3) is 0 Å². The van der Waals surface area contributed by atoms with E-state index in [0.717, 1.165) is 44.6 Å². The summed E-state index contributed by atoms with van der Waals surface area (Å²) in [6.07, 6.45) is 1.95. The molecule has 0 saturated carbocycles. The highest BCUT2D eigenvalue weighted by atomic mass is 35.5. The molecule has 1 fully saturated rings. The van der Waals surface area contributed by atoms with E-state index in [1.165, 1.54) is 0 Å². The first kappa shape index (κ1) is 12.4. The summed E-state index contributed by atoms with van der Waals surface area (Å²) in [5, 5.41) is 0.537. The maximum Gasteiger partial charge on any atom is 0.151 e. The van der Waals surface area contributed by atoms with Crippen LogP contribution >= 0.6 is 11.6 Å². The lowest BCUT2D eigenvalue weighted by Gasteiger charge is -2.23. The average molecular weight is 253 g/mol. The van der Waals surface area contributed by atoms with Gasteiger partial charge in [0.2, 0.25) is 0 Å². The summed E-state index contributed by atoms with van der Waals surface area (Å²) >= 11 is 6.05. The number of carbonyl (C=O) groups is 1. The van der Waals surface area contributed by atoms with Crippen molar-refractivity contribution in [2.45, 2.75) is 6.42 Å². The second-order valence-electron chi connectivity index (χ2n) is 4.47. The van der Waals surface area contributed by atoms with Gasteiger partial charge >= 0.3 is 0 Å². The van der Waals surface area contributed by atoms with Crippen molar-refractivity contribution in [3.8, 4) is 0 Å². The summed E-state index contributed by atoms with van der Waals surface area (Å²) in [4.78, 5) is 15.4. The van der Waals surface area contributed by atoms with Crippen LogP contribution in [0.3, 0.4) is 0 Å². The zero-order valence-electron chi connectivity index (χ0n) is 10.0. The monoisotopic (exact) mass is 252 g/mol. The number of nitrogens with zero attached hydrogens (tertiary/aromatic N) is 2. The van der Waals surface area contributed by atoms with Gasteiger partial charge in [0, 0.05) is 30.9 Å². The van der Waals surface area contributed by atoms with Gasteiger partial charge in [-0.2, -0.15) is 0 Å². The third kappa shape index (κ3) is 2.99. The van der Waals surface area contributed by atoms with Crippen LogP contribution in [0.15, 0.2) is 18.2 Å². The topological polar surface area (TPSA) is 23.6 Å². The minimum absolute atomic E-state index is 0.537. The van der Waals surface area contributed by atoms with Gasteiger partial charge in [-0.25, -0.2) is 0 Å². The highest BCUT2D eigenvalue weighted by Gasteiger charge is 2.13. The fraction of sp³-hybridized carbons (Fsp3) is 0.462. The van der Waals surface area contributed by atoms with Crippen LogP contribution in [0.1, 0.15) is 16.8 Å². The first-order chi connectivity index (χ1) is 8.20. The molecule has 1 saturated heterocycles. The van der Waals surface area contributed by atoms with Crippen LogP contribution in [0, 0.1) is 0 Å². The van der Waals surface area contributed by atoms with E-state index in [9.17, 15) is 4.79 Å². The molecule has 1 aliphatic rings. The van der Waals surface area contributed by atoms with E-state index in [-0.39, 0.29) is 0 Å². The number of rotatable bonds is 2. The largest absolute Gasteiger partial charge is 0.370 e. The second kappa shape index (κ2) is 5.52. The maximum absolute atomic E-state index is 10.7. The SMILES string of the molecule is CN1CCCN(c2ccc(C=O)c(Cl)c2)CC1. The summed E-state index contributed by atoms with van der Waals surface area (Å²) in [6, 6.07) is 5.65. The molecule has 1 aromatic rings. The molecule has 0 bridgehead atoms. The Morgan fingerprint density at radius 2 is 2.06 bits per heavy atom. The van der Waals surface area contributed by atoms with Gasteiger partial charge in [0.05, 0.1) is 5.02 Å². The molecule has 1 aromatic carbocycles. The fourth-order valence-corrected chi connectivity index (χ4v) is 2.33. The van der Waals surface area contributed by atoms with Crippen molar-refractivity contribution in [3.05, 3.63) is 28.8 Å². The van der Waals surface area contributed by atoms with Crippen molar-refractivity contribution < 1.29 is 4.79 Å².